The fourth-order valence-electron chi connectivity index (χ4n) is 0.504. The molecule has 2 nitrogen and oxygen atoms in total. The maximum absolute atomic E-state index is 12.0. The quantitative estimate of drug-likeness (QED) is 0.751. The number of alkyl halides is 3. The van der Waals surface area contributed by atoms with Gasteiger partial charge in [-0.1, -0.05) is 13.8 Å². The van der Waals surface area contributed by atoms with Crippen LogP contribution < -0.4 is 5.73 Å². The Morgan fingerprint density at radius 1 is 1.31 bits per heavy atom. The van der Waals surface area contributed by atoms with Crippen molar-refractivity contribution in [3.05, 3.63) is 0 Å². The van der Waals surface area contributed by atoms with Crippen LogP contribution in [0.3, 0.4) is 0 Å². The van der Waals surface area contributed by atoms with E-state index in [1.165, 1.54) is 0 Å². The fourth-order valence-corrected chi connectivity index (χ4v) is 0.504. The molecule has 0 heterocycles. The summed E-state index contributed by atoms with van der Waals surface area (Å²) in [6, 6.07) is 0. The third kappa shape index (κ3) is 5.10. The molecule has 5 heteroatoms. The molecule has 0 aliphatic heterocycles. The molecule has 0 aliphatic carbocycles. The van der Waals surface area contributed by atoms with Crippen molar-refractivity contribution in [3.8, 4) is 0 Å². The van der Waals surface area contributed by atoms with Crippen molar-refractivity contribution in [2.75, 3.05) is 13.2 Å². The molecular weight excluding hydrogens is 183 g/mol. The van der Waals surface area contributed by atoms with Gasteiger partial charge in [0.05, 0.1) is 6.61 Å². The van der Waals surface area contributed by atoms with E-state index in [4.69, 9.17) is 5.73 Å². The number of ether oxygens (including phenoxy) is 1. The predicted molar refractivity (Wildman–Crippen MR) is 44.3 cm³/mol. The zero-order valence-corrected chi connectivity index (χ0v) is 8.11. The Morgan fingerprint density at radius 3 is 2.08 bits per heavy atom. The second-order valence-electron chi connectivity index (χ2n) is 3.86. The van der Waals surface area contributed by atoms with E-state index in [9.17, 15) is 13.2 Å². The molecule has 0 spiro atoms. The Hall–Kier alpha value is -0.290. The van der Waals surface area contributed by atoms with Crippen LogP contribution in [0.4, 0.5) is 13.2 Å². The molecule has 0 aromatic heterocycles. The van der Waals surface area contributed by atoms with Gasteiger partial charge in [-0.15, -0.1) is 0 Å². The van der Waals surface area contributed by atoms with Crippen LogP contribution >= 0.6 is 0 Å². The lowest BCUT2D eigenvalue weighted by molar-refractivity contribution is -0.219. The molecule has 0 saturated carbocycles. The first-order valence-corrected chi connectivity index (χ1v) is 4.07. The van der Waals surface area contributed by atoms with E-state index >= 15 is 0 Å². The Labute approximate surface area is 76.2 Å². The van der Waals surface area contributed by atoms with E-state index in [1.54, 1.807) is 13.8 Å². The van der Waals surface area contributed by atoms with Crippen LogP contribution in [0.1, 0.15) is 20.8 Å². The molecule has 0 radical (unpaired) electrons. The molecule has 0 bridgehead atoms. The van der Waals surface area contributed by atoms with Crippen molar-refractivity contribution < 1.29 is 17.9 Å². The summed E-state index contributed by atoms with van der Waals surface area (Å²) in [5, 5.41) is 0. The number of hydrogen-bond donors (Lipinski definition) is 1. The zero-order valence-electron chi connectivity index (χ0n) is 8.11. The zero-order chi connectivity index (χ0) is 10.7. The third-order valence-corrected chi connectivity index (χ3v) is 1.74. The molecule has 1 unspecified atom stereocenters. The minimum absolute atomic E-state index is 0.0180. The van der Waals surface area contributed by atoms with Crippen LogP contribution in [0.5, 0.6) is 0 Å². The van der Waals surface area contributed by atoms with Crippen LogP contribution in [0.15, 0.2) is 0 Å². The van der Waals surface area contributed by atoms with Crippen LogP contribution in [-0.2, 0) is 4.74 Å². The second kappa shape index (κ2) is 4.28. The summed E-state index contributed by atoms with van der Waals surface area (Å²) in [4.78, 5) is 0. The number of nitrogens with two attached hydrogens (primary N) is 1. The van der Waals surface area contributed by atoms with Crippen molar-refractivity contribution in [1.29, 1.82) is 0 Å². The van der Waals surface area contributed by atoms with Crippen molar-refractivity contribution in [2.45, 2.75) is 33.1 Å². The third-order valence-electron chi connectivity index (χ3n) is 1.74. The maximum atomic E-state index is 12.0. The highest BCUT2D eigenvalue weighted by molar-refractivity contribution is 4.70. The van der Waals surface area contributed by atoms with Crippen LogP contribution in [-0.4, -0.2) is 25.4 Å². The standard InChI is InChI=1S/C8H16F3NO/c1-6(8(9,10)11)13-5-7(2,3)4-12/h6H,4-5,12H2,1-3H3. The van der Waals surface area contributed by atoms with Gasteiger partial charge in [0.1, 0.15) is 0 Å². The van der Waals surface area contributed by atoms with E-state index < -0.39 is 17.7 Å². The molecule has 1 atom stereocenters. The van der Waals surface area contributed by atoms with E-state index in [0.717, 1.165) is 6.92 Å². The van der Waals surface area contributed by atoms with Crippen molar-refractivity contribution >= 4 is 0 Å². The average molecular weight is 199 g/mol. The van der Waals surface area contributed by atoms with E-state index in [2.05, 4.69) is 4.74 Å². The number of hydrogen-bond acceptors (Lipinski definition) is 2. The Bertz CT molecular complexity index is 156. The van der Waals surface area contributed by atoms with Gasteiger partial charge in [-0.2, -0.15) is 13.2 Å². The molecule has 13 heavy (non-hydrogen) atoms. The summed E-state index contributed by atoms with van der Waals surface area (Å²) in [5.74, 6) is 0. The van der Waals surface area contributed by atoms with Gasteiger partial charge in [0.2, 0.25) is 0 Å². The second-order valence-corrected chi connectivity index (χ2v) is 3.86. The summed E-state index contributed by atoms with van der Waals surface area (Å²) in [5.41, 5.74) is 4.94. The normalized spacial score (nSPS) is 15.9. The van der Waals surface area contributed by atoms with Gasteiger partial charge in [-0.3, -0.25) is 0 Å². The molecule has 0 fully saturated rings. The molecule has 0 aromatic carbocycles. The van der Waals surface area contributed by atoms with Gasteiger partial charge in [0, 0.05) is 5.41 Å². The summed E-state index contributed by atoms with van der Waals surface area (Å²) < 4.78 is 40.6. The lowest BCUT2D eigenvalue weighted by atomic mass is 9.95. The Kier molecular flexibility index (Phi) is 4.19. The van der Waals surface area contributed by atoms with Gasteiger partial charge in [0.25, 0.3) is 0 Å². The van der Waals surface area contributed by atoms with E-state index in [-0.39, 0.29) is 6.61 Å². The van der Waals surface area contributed by atoms with Gasteiger partial charge in [0.15, 0.2) is 6.10 Å². The predicted octanol–water partition coefficient (Wildman–Crippen LogP) is 1.94. The highest BCUT2D eigenvalue weighted by Gasteiger charge is 2.37. The molecule has 0 saturated heterocycles. The van der Waals surface area contributed by atoms with Gasteiger partial charge < -0.3 is 10.5 Å². The first kappa shape index (κ1) is 12.7. The average Bonchev–Trinajstić information content (AvgIpc) is 1.98. The highest BCUT2D eigenvalue weighted by Crippen LogP contribution is 2.24. The first-order chi connectivity index (χ1) is 5.69. The largest absolute Gasteiger partial charge is 0.414 e. The summed E-state index contributed by atoms with van der Waals surface area (Å²) in [6.07, 6.45) is -6.01. The Balaban J connectivity index is 3.90. The van der Waals surface area contributed by atoms with Crippen LogP contribution in [0.2, 0.25) is 0 Å². The van der Waals surface area contributed by atoms with Gasteiger partial charge >= 0.3 is 6.18 Å². The lowest BCUT2D eigenvalue weighted by Crippen LogP contribution is -2.35. The van der Waals surface area contributed by atoms with Crippen LogP contribution in [0, 0.1) is 5.41 Å². The smallest absolute Gasteiger partial charge is 0.368 e. The Morgan fingerprint density at radius 2 is 1.77 bits per heavy atom. The first-order valence-electron chi connectivity index (χ1n) is 4.07. The number of halogens is 3. The van der Waals surface area contributed by atoms with Gasteiger partial charge in [-0.25, -0.2) is 0 Å². The summed E-state index contributed by atoms with van der Waals surface area (Å²) >= 11 is 0. The van der Waals surface area contributed by atoms with Gasteiger partial charge in [-0.05, 0) is 13.5 Å². The van der Waals surface area contributed by atoms with Crippen molar-refractivity contribution in [2.24, 2.45) is 11.1 Å². The molecule has 0 aliphatic rings. The van der Waals surface area contributed by atoms with Crippen molar-refractivity contribution in [1.82, 2.24) is 0 Å². The minimum Gasteiger partial charge on any atom is -0.368 e. The molecule has 0 amide bonds. The van der Waals surface area contributed by atoms with E-state index in [0.29, 0.717) is 6.54 Å². The fraction of sp³-hybridized carbons (Fsp3) is 1.00. The minimum atomic E-state index is -4.29. The maximum Gasteiger partial charge on any atom is 0.414 e. The SMILES string of the molecule is CC(OCC(C)(C)CN)C(F)(F)F. The monoisotopic (exact) mass is 199 g/mol. The highest BCUT2D eigenvalue weighted by atomic mass is 19.4. The van der Waals surface area contributed by atoms with Crippen LogP contribution in [0.25, 0.3) is 0 Å². The summed E-state index contributed by atoms with van der Waals surface area (Å²) in [7, 11) is 0. The number of rotatable bonds is 4. The summed E-state index contributed by atoms with van der Waals surface area (Å²) in [6.45, 7) is 4.83. The molecular formula is C8H16F3NO. The van der Waals surface area contributed by atoms with Crippen molar-refractivity contribution in [3.63, 3.8) is 0 Å². The molecule has 80 valence electrons. The molecule has 0 aromatic rings. The van der Waals surface area contributed by atoms with E-state index in [1.807, 2.05) is 0 Å². The topological polar surface area (TPSA) is 35.2 Å². The lowest BCUT2D eigenvalue weighted by Gasteiger charge is -2.25. The molecule has 2 N–H and O–H groups in total. The molecule has 0 rings (SSSR count).